The fourth-order valence-electron chi connectivity index (χ4n) is 1.78. The Kier molecular flexibility index (Phi) is 2.71. The number of hydrogen-bond acceptors (Lipinski definition) is 4. The number of aromatic amines is 1. The molecule has 0 saturated heterocycles. The second kappa shape index (κ2) is 4.04. The lowest BCUT2D eigenvalue weighted by Gasteiger charge is -2.02. The van der Waals surface area contributed by atoms with E-state index in [0.29, 0.717) is 16.7 Å². The maximum Gasteiger partial charge on any atom is 0.354 e. The number of nitrogens with zero attached hydrogens (tertiary/aromatic N) is 2. The largest absolute Gasteiger partial charge is 0.461 e. The van der Waals surface area contributed by atoms with E-state index in [0.717, 1.165) is 0 Å². The van der Waals surface area contributed by atoms with Gasteiger partial charge in [-0.05, 0) is 13.8 Å². The topological polar surface area (TPSA) is 77.0 Å². The summed E-state index contributed by atoms with van der Waals surface area (Å²) < 4.78 is 6.38. The molecule has 0 fully saturated rings. The molecule has 2 rings (SSSR count). The number of ether oxygens (including phenoxy) is 1. The van der Waals surface area contributed by atoms with Gasteiger partial charge in [0, 0.05) is 13.1 Å². The van der Waals surface area contributed by atoms with Gasteiger partial charge in [0.25, 0.3) is 0 Å². The van der Waals surface area contributed by atoms with Gasteiger partial charge in [-0.1, -0.05) is 0 Å². The number of aromatic nitrogens is 3. The minimum Gasteiger partial charge on any atom is -0.461 e. The summed E-state index contributed by atoms with van der Waals surface area (Å²) in [6.45, 7) is 3.73. The SMILES string of the molecule is CCOC(=O)c1cc(=O)c2c(C)nn(C)c2[nH]1. The lowest BCUT2D eigenvalue weighted by Crippen LogP contribution is -2.13. The van der Waals surface area contributed by atoms with Crippen molar-refractivity contribution in [2.24, 2.45) is 7.05 Å². The zero-order valence-electron chi connectivity index (χ0n) is 9.90. The molecule has 0 aromatic carbocycles. The van der Waals surface area contributed by atoms with Crippen LogP contribution in [-0.2, 0) is 11.8 Å². The molecule has 0 spiro atoms. The zero-order chi connectivity index (χ0) is 12.6. The zero-order valence-corrected chi connectivity index (χ0v) is 9.90. The Morgan fingerprint density at radius 1 is 1.59 bits per heavy atom. The summed E-state index contributed by atoms with van der Waals surface area (Å²) in [6.07, 6.45) is 0. The summed E-state index contributed by atoms with van der Waals surface area (Å²) in [5, 5.41) is 4.63. The van der Waals surface area contributed by atoms with E-state index < -0.39 is 5.97 Å². The number of H-pyrrole nitrogens is 1. The average Bonchev–Trinajstić information content (AvgIpc) is 2.55. The van der Waals surface area contributed by atoms with Crippen LogP contribution < -0.4 is 5.43 Å². The lowest BCUT2D eigenvalue weighted by atomic mass is 10.2. The van der Waals surface area contributed by atoms with Gasteiger partial charge in [0.05, 0.1) is 17.7 Å². The minimum atomic E-state index is -0.537. The van der Waals surface area contributed by atoms with Gasteiger partial charge >= 0.3 is 5.97 Å². The van der Waals surface area contributed by atoms with Crippen LogP contribution in [0.25, 0.3) is 11.0 Å². The molecule has 2 aromatic rings. The Morgan fingerprint density at radius 3 is 2.94 bits per heavy atom. The maximum absolute atomic E-state index is 11.9. The number of nitrogens with one attached hydrogen (secondary N) is 1. The van der Waals surface area contributed by atoms with Crippen molar-refractivity contribution in [3.63, 3.8) is 0 Å². The molecule has 0 amide bonds. The third kappa shape index (κ3) is 1.82. The molecule has 0 aliphatic heterocycles. The van der Waals surface area contributed by atoms with Crippen LogP contribution in [0, 0.1) is 6.92 Å². The average molecular weight is 235 g/mol. The third-order valence-corrected chi connectivity index (χ3v) is 2.49. The van der Waals surface area contributed by atoms with Crippen molar-refractivity contribution in [3.05, 3.63) is 27.7 Å². The van der Waals surface area contributed by atoms with Gasteiger partial charge < -0.3 is 9.72 Å². The van der Waals surface area contributed by atoms with Crippen molar-refractivity contribution in [2.75, 3.05) is 6.61 Å². The van der Waals surface area contributed by atoms with Gasteiger partial charge in [-0.3, -0.25) is 9.48 Å². The molecule has 2 heterocycles. The molecule has 0 aliphatic rings. The van der Waals surface area contributed by atoms with Crippen molar-refractivity contribution in [2.45, 2.75) is 13.8 Å². The third-order valence-electron chi connectivity index (χ3n) is 2.49. The standard InChI is InChI=1S/C11H13N3O3/c1-4-17-11(16)7-5-8(15)9-6(2)13-14(3)10(9)12-7/h5H,4H2,1-3H3,(H,12,15). The maximum atomic E-state index is 11.9. The van der Waals surface area contributed by atoms with Crippen molar-refractivity contribution in [3.8, 4) is 0 Å². The van der Waals surface area contributed by atoms with E-state index in [2.05, 4.69) is 10.1 Å². The Hall–Kier alpha value is -2.11. The molecular weight excluding hydrogens is 222 g/mol. The molecule has 6 nitrogen and oxygen atoms in total. The predicted octanol–water partition coefficient (Wildman–Crippen LogP) is 0.747. The first-order valence-corrected chi connectivity index (χ1v) is 5.28. The van der Waals surface area contributed by atoms with E-state index >= 15 is 0 Å². The Bertz CT molecular complexity index is 639. The number of rotatable bonds is 2. The number of esters is 1. The molecular formula is C11H13N3O3. The molecule has 0 atom stereocenters. The van der Waals surface area contributed by atoms with E-state index in [9.17, 15) is 9.59 Å². The Labute approximate surface area is 97.2 Å². The fraction of sp³-hybridized carbons (Fsp3) is 0.364. The number of hydrogen-bond donors (Lipinski definition) is 1. The molecule has 0 aliphatic carbocycles. The second-order valence-electron chi connectivity index (χ2n) is 3.70. The van der Waals surface area contributed by atoms with Crippen molar-refractivity contribution < 1.29 is 9.53 Å². The fourth-order valence-corrected chi connectivity index (χ4v) is 1.78. The quantitative estimate of drug-likeness (QED) is 0.779. The molecule has 2 aromatic heterocycles. The molecule has 17 heavy (non-hydrogen) atoms. The highest BCUT2D eigenvalue weighted by molar-refractivity contribution is 5.90. The molecule has 0 radical (unpaired) electrons. The van der Waals surface area contributed by atoms with Crippen molar-refractivity contribution >= 4 is 17.0 Å². The summed E-state index contributed by atoms with van der Waals surface area (Å²) in [6, 6.07) is 1.25. The first-order chi connectivity index (χ1) is 8.04. The van der Waals surface area contributed by atoms with Gasteiger partial charge in [-0.15, -0.1) is 0 Å². The number of aryl methyl sites for hydroxylation is 2. The van der Waals surface area contributed by atoms with Crippen LogP contribution in [0.1, 0.15) is 23.1 Å². The Morgan fingerprint density at radius 2 is 2.29 bits per heavy atom. The summed E-state index contributed by atoms with van der Waals surface area (Å²) in [7, 11) is 1.71. The number of pyridine rings is 1. The summed E-state index contributed by atoms with van der Waals surface area (Å²) >= 11 is 0. The van der Waals surface area contributed by atoms with E-state index in [4.69, 9.17) is 4.74 Å². The van der Waals surface area contributed by atoms with E-state index in [1.807, 2.05) is 0 Å². The monoisotopic (exact) mass is 235 g/mol. The van der Waals surface area contributed by atoms with Gasteiger partial charge in [-0.2, -0.15) is 5.10 Å². The van der Waals surface area contributed by atoms with Crippen LogP contribution in [0.3, 0.4) is 0 Å². The number of carbonyl (C=O) groups is 1. The number of carbonyl (C=O) groups excluding carboxylic acids is 1. The van der Waals surface area contributed by atoms with E-state index in [1.54, 1.807) is 20.9 Å². The summed E-state index contributed by atoms with van der Waals surface area (Å²) in [4.78, 5) is 26.3. The predicted molar refractivity (Wildman–Crippen MR) is 62.0 cm³/mol. The number of fused-ring (bicyclic) bond motifs is 1. The van der Waals surface area contributed by atoms with E-state index in [1.165, 1.54) is 10.7 Å². The minimum absolute atomic E-state index is 0.146. The van der Waals surface area contributed by atoms with Gasteiger partial charge in [0.15, 0.2) is 5.43 Å². The van der Waals surface area contributed by atoms with Crippen molar-refractivity contribution in [1.29, 1.82) is 0 Å². The molecule has 0 unspecified atom stereocenters. The lowest BCUT2D eigenvalue weighted by molar-refractivity contribution is 0.0519. The van der Waals surface area contributed by atoms with Crippen LogP contribution in [-0.4, -0.2) is 27.3 Å². The first-order valence-electron chi connectivity index (χ1n) is 5.28. The Balaban J connectivity index is 2.67. The molecule has 1 N–H and O–H groups in total. The van der Waals surface area contributed by atoms with E-state index in [-0.39, 0.29) is 17.7 Å². The summed E-state index contributed by atoms with van der Waals surface area (Å²) in [5.41, 5.74) is 1.08. The van der Waals surface area contributed by atoms with Crippen LogP contribution in [0.2, 0.25) is 0 Å². The highest BCUT2D eigenvalue weighted by Crippen LogP contribution is 2.11. The van der Waals surface area contributed by atoms with Crippen LogP contribution >= 0.6 is 0 Å². The molecule has 0 saturated carbocycles. The highest BCUT2D eigenvalue weighted by Gasteiger charge is 2.14. The normalized spacial score (nSPS) is 10.8. The highest BCUT2D eigenvalue weighted by atomic mass is 16.5. The van der Waals surface area contributed by atoms with Gasteiger partial charge in [0.1, 0.15) is 11.3 Å². The smallest absolute Gasteiger partial charge is 0.354 e. The van der Waals surface area contributed by atoms with Crippen LogP contribution in [0.5, 0.6) is 0 Å². The molecule has 6 heteroatoms. The van der Waals surface area contributed by atoms with Gasteiger partial charge in [0.2, 0.25) is 0 Å². The molecule has 90 valence electrons. The van der Waals surface area contributed by atoms with Crippen LogP contribution in [0.15, 0.2) is 10.9 Å². The van der Waals surface area contributed by atoms with Crippen LogP contribution in [0.4, 0.5) is 0 Å². The second-order valence-corrected chi connectivity index (χ2v) is 3.70. The first kappa shape index (κ1) is 11.4. The van der Waals surface area contributed by atoms with Crippen molar-refractivity contribution in [1.82, 2.24) is 14.8 Å². The summed E-state index contributed by atoms with van der Waals surface area (Å²) in [5.74, 6) is -0.537. The van der Waals surface area contributed by atoms with Gasteiger partial charge in [-0.25, -0.2) is 4.79 Å². The molecule has 0 bridgehead atoms.